The average Bonchev–Trinajstić information content (AvgIpc) is 2.18. The van der Waals surface area contributed by atoms with Crippen LogP contribution in [-0.2, 0) is 4.79 Å². The molecule has 0 aromatic heterocycles. The fraction of sp³-hybridized carbons (Fsp3) is 0.909. The summed E-state index contributed by atoms with van der Waals surface area (Å²) in [5, 5.41) is 0. The smallest absolute Gasteiger partial charge is 0.236 e. The van der Waals surface area contributed by atoms with E-state index in [1.165, 1.54) is 6.42 Å². The predicted molar refractivity (Wildman–Crippen MR) is 63.7 cm³/mol. The Morgan fingerprint density at radius 2 is 1.93 bits per heavy atom. The number of carbonyl (C=O) groups excluding carboxylic acids is 1. The van der Waals surface area contributed by atoms with E-state index in [-0.39, 0.29) is 12.5 Å². The molecular formula is C11H25N3O. The monoisotopic (exact) mass is 215 g/mol. The first kappa shape index (κ1) is 14.4. The van der Waals surface area contributed by atoms with E-state index in [9.17, 15) is 4.79 Å². The topological polar surface area (TPSA) is 49.6 Å². The van der Waals surface area contributed by atoms with E-state index < -0.39 is 0 Å². The van der Waals surface area contributed by atoms with Gasteiger partial charge in [-0.1, -0.05) is 20.3 Å². The van der Waals surface area contributed by atoms with E-state index in [0.29, 0.717) is 6.04 Å². The molecule has 0 aromatic carbocycles. The van der Waals surface area contributed by atoms with Crippen molar-refractivity contribution in [2.45, 2.75) is 33.2 Å². The largest absolute Gasteiger partial charge is 0.336 e. The first-order valence-electron chi connectivity index (χ1n) is 5.74. The van der Waals surface area contributed by atoms with E-state index >= 15 is 0 Å². The molecule has 4 nitrogen and oxygen atoms in total. The summed E-state index contributed by atoms with van der Waals surface area (Å²) in [7, 11) is 2.07. The SMILES string of the molecule is CC1CN(C)CCN1C(=O)CN.CCC. The van der Waals surface area contributed by atoms with Crippen LogP contribution in [0.5, 0.6) is 0 Å². The molecule has 0 spiro atoms. The van der Waals surface area contributed by atoms with Crippen molar-refractivity contribution in [3.8, 4) is 0 Å². The van der Waals surface area contributed by atoms with Gasteiger partial charge in [0.15, 0.2) is 0 Å². The van der Waals surface area contributed by atoms with Gasteiger partial charge in [-0.15, -0.1) is 0 Å². The maximum Gasteiger partial charge on any atom is 0.236 e. The molecule has 0 bridgehead atoms. The van der Waals surface area contributed by atoms with Crippen molar-refractivity contribution in [1.82, 2.24) is 9.80 Å². The van der Waals surface area contributed by atoms with Crippen LogP contribution in [0, 0.1) is 0 Å². The van der Waals surface area contributed by atoms with Gasteiger partial charge >= 0.3 is 0 Å². The summed E-state index contributed by atoms with van der Waals surface area (Å²) in [6.45, 7) is 9.16. The molecule has 1 rings (SSSR count). The molecule has 1 saturated heterocycles. The van der Waals surface area contributed by atoms with Crippen LogP contribution in [0.3, 0.4) is 0 Å². The van der Waals surface area contributed by atoms with Gasteiger partial charge in [0, 0.05) is 25.7 Å². The Bertz CT molecular complexity index is 185. The minimum absolute atomic E-state index is 0.0654. The molecular weight excluding hydrogens is 190 g/mol. The Balaban J connectivity index is 0.000000583. The molecule has 2 N–H and O–H groups in total. The van der Waals surface area contributed by atoms with Gasteiger partial charge in [0.25, 0.3) is 0 Å². The number of hydrogen-bond donors (Lipinski definition) is 1. The fourth-order valence-corrected chi connectivity index (χ4v) is 1.63. The average molecular weight is 215 g/mol. The van der Waals surface area contributed by atoms with Crippen molar-refractivity contribution in [2.75, 3.05) is 33.2 Å². The highest BCUT2D eigenvalue weighted by Crippen LogP contribution is 2.06. The number of carbonyl (C=O) groups is 1. The Morgan fingerprint density at radius 3 is 2.33 bits per heavy atom. The van der Waals surface area contributed by atoms with E-state index in [2.05, 4.69) is 32.7 Å². The van der Waals surface area contributed by atoms with Gasteiger partial charge in [0.2, 0.25) is 5.91 Å². The quantitative estimate of drug-likeness (QED) is 0.694. The molecule has 1 amide bonds. The lowest BCUT2D eigenvalue weighted by Gasteiger charge is -2.38. The molecule has 1 aliphatic rings. The van der Waals surface area contributed by atoms with Crippen molar-refractivity contribution in [1.29, 1.82) is 0 Å². The molecule has 1 heterocycles. The zero-order valence-electron chi connectivity index (χ0n) is 10.5. The van der Waals surface area contributed by atoms with Gasteiger partial charge < -0.3 is 15.5 Å². The standard InChI is InChI=1S/C8H17N3O.C3H8/c1-7-6-10(2)3-4-11(7)8(12)5-9;1-3-2/h7H,3-6,9H2,1-2H3;3H2,1-2H3. The van der Waals surface area contributed by atoms with Gasteiger partial charge in [-0.05, 0) is 14.0 Å². The summed E-state index contributed by atoms with van der Waals surface area (Å²) in [4.78, 5) is 15.4. The highest BCUT2D eigenvalue weighted by molar-refractivity contribution is 5.78. The third kappa shape index (κ3) is 5.14. The normalized spacial score (nSPS) is 21.9. The summed E-state index contributed by atoms with van der Waals surface area (Å²) in [5.74, 6) is 0.0654. The third-order valence-corrected chi connectivity index (χ3v) is 2.33. The number of nitrogens with zero attached hydrogens (tertiary/aromatic N) is 2. The van der Waals surface area contributed by atoms with Gasteiger partial charge in [-0.25, -0.2) is 0 Å². The van der Waals surface area contributed by atoms with Crippen LogP contribution in [0.25, 0.3) is 0 Å². The van der Waals surface area contributed by atoms with Crippen molar-refractivity contribution in [3.63, 3.8) is 0 Å². The first-order valence-corrected chi connectivity index (χ1v) is 5.74. The van der Waals surface area contributed by atoms with Crippen LogP contribution >= 0.6 is 0 Å². The Labute approximate surface area is 93.4 Å². The van der Waals surface area contributed by atoms with Crippen molar-refractivity contribution >= 4 is 5.91 Å². The third-order valence-electron chi connectivity index (χ3n) is 2.33. The molecule has 4 heteroatoms. The van der Waals surface area contributed by atoms with Crippen molar-refractivity contribution in [2.24, 2.45) is 5.73 Å². The van der Waals surface area contributed by atoms with Gasteiger partial charge in [0.05, 0.1) is 6.54 Å². The molecule has 0 aliphatic carbocycles. The molecule has 15 heavy (non-hydrogen) atoms. The van der Waals surface area contributed by atoms with Gasteiger partial charge in [0.1, 0.15) is 0 Å². The summed E-state index contributed by atoms with van der Waals surface area (Å²) in [6, 6.07) is 0.305. The lowest BCUT2D eigenvalue weighted by atomic mass is 10.2. The zero-order valence-corrected chi connectivity index (χ0v) is 10.5. The van der Waals surface area contributed by atoms with Crippen molar-refractivity contribution < 1.29 is 4.79 Å². The minimum atomic E-state index is 0.0654. The van der Waals surface area contributed by atoms with Crippen LogP contribution in [0.2, 0.25) is 0 Å². The maximum absolute atomic E-state index is 11.3. The summed E-state index contributed by atoms with van der Waals surface area (Å²) in [5.41, 5.74) is 5.29. The Hall–Kier alpha value is -0.610. The second-order valence-corrected chi connectivity index (χ2v) is 4.11. The first-order chi connectivity index (χ1) is 7.06. The van der Waals surface area contributed by atoms with E-state index in [4.69, 9.17) is 5.73 Å². The van der Waals surface area contributed by atoms with Crippen LogP contribution < -0.4 is 5.73 Å². The van der Waals surface area contributed by atoms with Gasteiger partial charge in [-0.2, -0.15) is 0 Å². The summed E-state index contributed by atoms with van der Waals surface area (Å²) in [6.07, 6.45) is 1.25. The van der Waals surface area contributed by atoms with Crippen LogP contribution in [0.15, 0.2) is 0 Å². The molecule has 0 radical (unpaired) electrons. The van der Waals surface area contributed by atoms with Crippen molar-refractivity contribution in [3.05, 3.63) is 0 Å². The lowest BCUT2D eigenvalue weighted by Crippen LogP contribution is -2.54. The number of piperazine rings is 1. The number of hydrogen-bond acceptors (Lipinski definition) is 3. The lowest BCUT2D eigenvalue weighted by molar-refractivity contribution is -0.133. The number of rotatable bonds is 1. The highest BCUT2D eigenvalue weighted by atomic mass is 16.2. The summed E-state index contributed by atoms with van der Waals surface area (Å²) < 4.78 is 0. The fourth-order valence-electron chi connectivity index (χ4n) is 1.63. The van der Waals surface area contributed by atoms with E-state index in [1.54, 1.807) is 0 Å². The zero-order chi connectivity index (χ0) is 11.8. The summed E-state index contributed by atoms with van der Waals surface area (Å²) >= 11 is 0. The van der Waals surface area contributed by atoms with Gasteiger partial charge in [-0.3, -0.25) is 4.79 Å². The molecule has 1 unspecified atom stereocenters. The minimum Gasteiger partial charge on any atom is -0.336 e. The molecule has 0 saturated carbocycles. The second-order valence-electron chi connectivity index (χ2n) is 4.11. The number of amides is 1. The van der Waals surface area contributed by atoms with E-state index in [1.807, 2.05) is 4.90 Å². The molecule has 1 aliphatic heterocycles. The maximum atomic E-state index is 11.3. The van der Waals surface area contributed by atoms with Crippen LogP contribution in [0.1, 0.15) is 27.2 Å². The molecule has 1 fully saturated rings. The van der Waals surface area contributed by atoms with Crippen LogP contribution in [0.4, 0.5) is 0 Å². The Kier molecular flexibility index (Phi) is 7.34. The van der Waals surface area contributed by atoms with Crippen LogP contribution in [-0.4, -0.2) is 55.0 Å². The molecule has 0 aromatic rings. The number of nitrogens with two attached hydrogens (primary N) is 1. The molecule has 90 valence electrons. The molecule has 1 atom stereocenters. The second kappa shape index (κ2) is 7.65. The number of likely N-dealkylation sites (N-methyl/N-ethyl adjacent to an activating group) is 1. The predicted octanol–water partition coefficient (Wildman–Crippen LogP) is 0.524. The van der Waals surface area contributed by atoms with E-state index in [0.717, 1.165) is 19.6 Å². The highest BCUT2D eigenvalue weighted by Gasteiger charge is 2.24. The Morgan fingerprint density at radius 1 is 1.40 bits per heavy atom.